The average Bonchev–Trinajstić information content (AvgIpc) is 2.08. The van der Waals surface area contributed by atoms with E-state index in [2.05, 4.69) is 13.8 Å². The predicted molar refractivity (Wildman–Crippen MR) is 61.1 cm³/mol. The molecule has 2 fully saturated rings. The molecule has 92 valence electrons. The first-order valence-electron chi connectivity index (χ1n) is 6.27. The number of aliphatic carboxylic acids is 1. The Morgan fingerprint density at radius 1 is 1.00 bits per heavy atom. The molecule has 0 heterocycles. The van der Waals surface area contributed by atoms with Gasteiger partial charge in [-0.15, -0.1) is 0 Å². The van der Waals surface area contributed by atoms with E-state index in [1.165, 1.54) is 0 Å². The molecule has 0 saturated heterocycles. The summed E-state index contributed by atoms with van der Waals surface area (Å²) in [6.07, 6.45) is 5.40. The van der Waals surface area contributed by atoms with Crippen molar-refractivity contribution in [2.24, 2.45) is 10.8 Å². The molecule has 16 heavy (non-hydrogen) atoms. The molecule has 0 spiro atoms. The highest BCUT2D eigenvalue weighted by atomic mass is 16.4. The van der Waals surface area contributed by atoms with Crippen LogP contribution in [-0.2, 0) is 4.79 Å². The van der Waals surface area contributed by atoms with Gasteiger partial charge in [-0.2, -0.15) is 0 Å². The summed E-state index contributed by atoms with van der Waals surface area (Å²) in [6, 6.07) is 0. The second-order valence-corrected chi connectivity index (χ2v) is 6.44. The van der Waals surface area contributed by atoms with E-state index in [4.69, 9.17) is 0 Å². The fourth-order valence-corrected chi connectivity index (χ4v) is 3.23. The minimum atomic E-state index is -0.952. The quantitative estimate of drug-likeness (QED) is 0.760. The number of carbonyl (C=O) groups is 1. The Labute approximate surface area is 96.9 Å². The van der Waals surface area contributed by atoms with Crippen molar-refractivity contribution in [2.45, 2.75) is 64.4 Å². The van der Waals surface area contributed by atoms with Gasteiger partial charge < -0.3 is 10.2 Å². The molecule has 0 radical (unpaired) electrons. The van der Waals surface area contributed by atoms with Crippen molar-refractivity contribution in [3.05, 3.63) is 0 Å². The Morgan fingerprint density at radius 3 is 1.81 bits per heavy atom. The van der Waals surface area contributed by atoms with Crippen LogP contribution < -0.4 is 0 Å². The summed E-state index contributed by atoms with van der Waals surface area (Å²) in [7, 11) is 0. The van der Waals surface area contributed by atoms with Crippen LogP contribution in [0, 0.1) is 10.8 Å². The number of rotatable bonds is 2. The summed E-state index contributed by atoms with van der Waals surface area (Å²) < 4.78 is 0. The number of hydrogen-bond donors (Lipinski definition) is 2. The van der Waals surface area contributed by atoms with Crippen LogP contribution in [0.25, 0.3) is 0 Å². The fraction of sp³-hybridized carbons (Fsp3) is 0.923. The van der Waals surface area contributed by atoms with Crippen molar-refractivity contribution in [1.82, 2.24) is 0 Å². The Hall–Kier alpha value is -0.570. The molecule has 0 aromatic carbocycles. The van der Waals surface area contributed by atoms with Gasteiger partial charge in [0.1, 0.15) is 0 Å². The second-order valence-electron chi connectivity index (χ2n) is 6.44. The summed E-state index contributed by atoms with van der Waals surface area (Å²) in [4.78, 5) is 11.4. The van der Waals surface area contributed by atoms with Gasteiger partial charge in [0.15, 0.2) is 0 Å². The van der Waals surface area contributed by atoms with Gasteiger partial charge in [-0.25, -0.2) is 0 Å². The maximum atomic E-state index is 11.4. The van der Waals surface area contributed by atoms with Crippen LogP contribution in [0.1, 0.15) is 58.8 Å². The molecule has 0 atom stereocenters. The van der Waals surface area contributed by atoms with Crippen LogP contribution in [0.2, 0.25) is 0 Å². The van der Waals surface area contributed by atoms with Gasteiger partial charge in [0.05, 0.1) is 11.0 Å². The first-order chi connectivity index (χ1) is 7.31. The summed E-state index contributed by atoms with van der Waals surface area (Å²) in [5.41, 5.74) is -1.52. The van der Waals surface area contributed by atoms with Crippen LogP contribution in [0.3, 0.4) is 0 Å². The Balaban J connectivity index is 2.17. The molecule has 3 heteroatoms. The van der Waals surface area contributed by atoms with Crippen molar-refractivity contribution >= 4 is 5.97 Å². The lowest BCUT2D eigenvalue weighted by Gasteiger charge is -2.54. The lowest BCUT2D eigenvalue weighted by Crippen LogP contribution is -2.59. The number of aliphatic hydroxyl groups is 1. The Bertz CT molecular complexity index is 292. The molecule has 0 bridgehead atoms. The van der Waals surface area contributed by atoms with Crippen molar-refractivity contribution in [3.8, 4) is 0 Å². The zero-order valence-corrected chi connectivity index (χ0v) is 10.3. The van der Waals surface area contributed by atoms with E-state index in [9.17, 15) is 15.0 Å². The zero-order chi connectivity index (χ0) is 12.0. The molecule has 3 nitrogen and oxygen atoms in total. The molecule has 0 aliphatic heterocycles. The number of carboxylic acids is 1. The fourth-order valence-electron chi connectivity index (χ4n) is 3.23. The second kappa shape index (κ2) is 3.46. The van der Waals surface area contributed by atoms with Gasteiger partial charge in [-0.05, 0) is 43.9 Å². The molecule has 0 aromatic heterocycles. The topological polar surface area (TPSA) is 57.5 Å². The molecule has 0 amide bonds. The summed E-state index contributed by atoms with van der Waals surface area (Å²) in [5.74, 6) is -0.791. The third-order valence-corrected chi connectivity index (χ3v) is 4.94. The van der Waals surface area contributed by atoms with E-state index in [1.807, 2.05) is 0 Å². The molecule has 0 aromatic rings. The van der Waals surface area contributed by atoms with Crippen molar-refractivity contribution in [3.63, 3.8) is 0 Å². The molecule has 2 aliphatic rings. The maximum absolute atomic E-state index is 11.4. The van der Waals surface area contributed by atoms with Crippen LogP contribution in [-0.4, -0.2) is 21.8 Å². The number of carboxylic acid groups (broad SMARTS) is 1. The van der Waals surface area contributed by atoms with E-state index in [1.54, 1.807) is 0 Å². The molecule has 2 rings (SSSR count). The zero-order valence-electron chi connectivity index (χ0n) is 10.3. The van der Waals surface area contributed by atoms with Gasteiger partial charge in [0.25, 0.3) is 0 Å². The van der Waals surface area contributed by atoms with E-state index in [0.717, 1.165) is 19.3 Å². The predicted octanol–water partition coefficient (Wildman–Crippen LogP) is 2.57. The highest BCUT2D eigenvalue weighted by Gasteiger charge is 2.60. The van der Waals surface area contributed by atoms with E-state index in [0.29, 0.717) is 25.7 Å². The molecule has 2 aliphatic carbocycles. The average molecular weight is 226 g/mol. The molecular weight excluding hydrogens is 204 g/mol. The van der Waals surface area contributed by atoms with Gasteiger partial charge in [-0.3, -0.25) is 4.79 Å². The van der Waals surface area contributed by atoms with Gasteiger partial charge in [0, 0.05) is 0 Å². The maximum Gasteiger partial charge on any atom is 0.312 e. The Morgan fingerprint density at radius 2 is 1.50 bits per heavy atom. The smallest absolute Gasteiger partial charge is 0.312 e. The molecule has 2 N–H and O–H groups in total. The molecular formula is C13H22O3. The first kappa shape index (κ1) is 11.9. The van der Waals surface area contributed by atoms with Crippen LogP contribution in [0.4, 0.5) is 0 Å². The minimum Gasteiger partial charge on any atom is -0.481 e. The third-order valence-electron chi connectivity index (χ3n) is 4.94. The largest absolute Gasteiger partial charge is 0.481 e. The third kappa shape index (κ3) is 1.56. The summed E-state index contributed by atoms with van der Waals surface area (Å²) in [5, 5.41) is 20.0. The normalized spacial score (nSPS) is 30.4. The standard InChI is InChI=1S/C13H22O3/c1-11(2)6-8-13(16,9-7-11)12(10(14)15)4-3-5-12/h16H,3-9H2,1-2H3,(H,14,15). The van der Waals surface area contributed by atoms with Crippen molar-refractivity contribution in [2.75, 3.05) is 0 Å². The summed E-state index contributed by atoms with van der Waals surface area (Å²) in [6.45, 7) is 4.39. The SMILES string of the molecule is CC1(C)CCC(O)(C2(C(=O)O)CCC2)CC1. The van der Waals surface area contributed by atoms with Gasteiger partial charge in [0.2, 0.25) is 0 Å². The van der Waals surface area contributed by atoms with Crippen molar-refractivity contribution in [1.29, 1.82) is 0 Å². The van der Waals surface area contributed by atoms with Gasteiger partial charge in [-0.1, -0.05) is 20.3 Å². The lowest BCUT2D eigenvalue weighted by molar-refractivity contribution is -0.195. The first-order valence-corrected chi connectivity index (χ1v) is 6.27. The Kier molecular flexibility index (Phi) is 2.57. The van der Waals surface area contributed by atoms with Crippen LogP contribution in [0.5, 0.6) is 0 Å². The minimum absolute atomic E-state index is 0.260. The van der Waals surface area contributed by atoms with E-state index < -0.39 is 17.0 Å². The van der Waals surface area contributed by atoms with Crippen molar-refractivity contribution < 1.29 is 15.0 Å². The molecule has 0 unspecified atom stereocenters. The number of hydrogen-bond acceptors (Lipinski definition) is 2. The monoisotopic (exact) mass is 226 g/mol. The van der Waals surface area contributed by atoms with Crippen LogP contribution >= 0.6 is 0 Å². The highest BCUT2D eigenvalue weighted by Crippen LogP contribution is 2.56. The van der Waals surface area contributed by atoms with Gasteiger partial charge >= 0.3 is 5.97 Å². The molecule has 2 saturated carbocycles. The van der Waals surface area contributed by atoms with E-state index >= 15 is 0 Å². The highest BCUT2D eigenvalue weighted by molar-refractivity contribution is 5.77. The summed E-state index contributed by atoms with van der Waals surface area (Å²) >= 11 is 0. The van der Waals surface area contributed by atoms with E-state index in [-0.39, 0.29) is 5.41 Å². The lowest BCUT2D eigenvalue weighted by atomic mass is 9.53. The van der Waals surface area contributed by atoms with Crippen LogP contribution in [0.15, 0.2) is 0 Å².